The van der Waals surface area contributed by atoms with Gasteiger partial charge in [-0.15, -0.1) is 0 Å². The van der Waals surface area contributed by atoms with Crippen LogP contribution in [0.5, 0.6) is 17.4 Å². The van der Waals surface area contributed by atoms with Gasteiger partial charge in [-0.1, -0.05) is 146 Å². The highest BCUT2D eigenvalue weighted by molar-refractivity contribution is 7.09. The Hall–Kier alpha value is -5.51. The van der Waals surface area contributed by atoms with Gasteiger partial charge in [-0.2, -0.15) is 0 Å². The quantitative estimate of drug-likeness (QED) is 0.112. The molecule has 2 atom stereocenters. The van der Waals surface area contributed by atoms with Crippen LogP contribution in [0.15, 0.2) is 144 Å². The molecule has 1 N–H and O–H groups in total. The Morgan fingerprint density at radius 3 is 1.94 bits per heavy atom. The molecule has 0 bridgehead atoms. The van der Waals surface area contributed by atoms with Crippen molar-refractivity contribution in [3.05, 3.63) is 181 Å². The highest BCUT2D eigenvalue weighted by Crippen LogP contribution is 2.43. The molecule has 276 valence electrons. The van der Waals surface area contributed by atoms with Gasteiger partial charge in [0.1, 0.15) is 30.3 Å². The molecule has 0 spiro atoms. The summed E-state index contributed by atoms with van der Waals surface area (Å²) >= 11 is 7.12. The number of hydrogen-bond acceptors (Lipinski definition) is 7. The summed E-state index contributed by atoms with van der Waals surface area (Å²) in [6.45, 7) is 4.98. The fourth-order valence-corrected chi connectivity index (χ4v) is 8.23. The van der Waals surface area contributed by atoms with Gasteiger partial charge in [-0.25, -0.2) is 4.79 Å². The molecule has 2 heterocycles. The van der Waals surface area contributed by atoms with E-state index in [1.54, 1.807) is 17.0 Å². The van der Waals surface area contributed by atoms with Crippen molar-refractivity contribution < 1.29 is 24.1 Å². The van der Waals surface area contributed by atoms with Gasteiger partial charge in [0.2, 0.25) is 5.88 Å². The molecule has 54 heavy (non-hydrogen) atoms. The first-order chi connectivity index (χ1) is 26.2. The van der Waals surface area contributed by atoms with E-state index in [9.17, 15) is 14.7 Å². The van der Waals surface area contributed by atoms with Crippen molar-refractivity contribution in [1.82, 2.24) is 9.47 Å². The lowest BCUT2D eigenvalue weighted by molar-refractivity contribution is 0.0962. The Balaban J connectivity index is 1.08. The van der Waals surface area contributed by atoms with Crippen LogP contribution in [0.25, 0.3) is 0 Å². The number of carbonyl (C=O) groups excluding carboxylic acids is 1. The number of aromatic hydroxyl groups is 1. The van der Waals surface area contributed by atoms with Crippen molar-refractivity contribution in [3.8, 4) is 17.4 Å². The number of benzene rings is 5. The van der Waals surface area contributed by atoms with Crippen LogP contribution in [0.2, 0.25) is 5.02 Å². The van der Waals surface area contributed by atoms with E-state index < -0.39 is 17.7 Å². The minimum atomic E-state index is -1.12. The van der Waals surface area contributed by atoms with Crippen LogP contribution in [0.1, 0.15) is 41.0 Å². The van der Waals surface area contributed by atoms with E-state index >= 15 is 0 Å². The van der Waals surface area contributed by atoms with Gasteiger partial charge in [-0.05, 0) is 58.5 Å². The summed E-state index contributed by atoms with van der Waals surface area (Å²) in [5, 5.41) is 12.6. The maximum absolute atomic E-state index is 14.1. The maximum Gasteiger partial charge on any atom is 0.410 e. The first kappa shape index (κ1) is 36.8. The summed E-state index contributed by atoms with van der Waals surface area (Å²) in [5.74, 6) is 1.29. The smallest absolute Gasteiger partial charge is 0.410 e. The number of aromatic nitrogens is 1. The molecule has 10 heteroatoms. The number of rotatable bonds is 14. The molecule has 6 aromatic rings. The lowest BCUT2D eigenvalue weighted by Gasteiger charge is -2.37. The molecular weight excluding hydrogens is 720 g/mol. The summed E-state index contributed by atoms with van der Waals surface area (Å²) in [7, 11) is 0. The maximum atomic E-state index is 14.1. The molecule has 0 aliphatic carbocycles. The number of thiazole rings is 1. The first-order valence-electron chi connectivity index (χ1n) is 17.9. The SMILES string of the molecule is CC(C)C(COc1ccc(Cc2sc(=O)n(C(c3ccccc3)(c3ccccc3)c3ccccc3)c2O)cc1)N1CC(COc2cccc(Cl)c2)OC1=O. The monoisotopic (exact) mass is 760 g/mol. The van der Waals surface area contributed by atoms with Crippen LogP contribution in [-0.2, 0) is 16.7 Å². The second-order valence-electron chi connectivity index (χ2n) is 13.6. The van der Waals surface area contributed by atoms with Gasteiger partial charge in [-0.3, -0.25) is 14.3 Å². The summed E-state index contributed by atoms with van der Waals surface area (Å²) in [4.78, 5) is 29.0. The van der Waals surface area contributed by atoms with Gasteiger partial charge < -0.3 is 19.3 Å². The number of nitrogens with zero attached hydrogens (tertiary/aromatic N) is 2. The van der Waals surface area contributed by atoms with E-state index in [1.165, 1.54) is 4.57 Å². The van der Waals surface area contributed by atoms with Crippen LogP contribution in [0, 0.1) is 5.92 Å². The van der Waals surface area contributed by atoms with Crippen LogP contribution >= 0.6 is 22.9 Å². The van der Waals surface area contributed by atoms with Gasteiger partial charge in [0.25, 0.3) is 0 Å². The molecule has 1 aromatic heterocycles. The molecule has 1 saturated heterocycles. The van der Waals surface area contributed by atoms with Gasteiger partial charge in [0, 0.05) is 11.4 Å². The number of hydrogen-bond donors (Lipinski definition) is 1. The zero-order valence-electron chi connectivity index (χ0n) is 30.0. The van der Waals surface area contributed by atoms with Crippen LogP contribution in [0.3, 0.4) is 0 Å². The zero-order chi connectivity index (χ0) is 37.7. The fraction of sp³-hybridized carbons (Fsp3) is 0.227. The molecule has 8 nitrogen and oxygen atoms in total. The second-order valence-corrected chi connectivity index (χ2v) is 15.1. The lowest BCUT2D eigenvalue weighted by Crippen LogP contribution is -2.44. The summed E-state index contributed by atoms with van der Waals surface area (Å²) in [5.41, 5.74) is 2.36. The Labute approximate surface area is 323 Å². The standard InChI is InChI=1S/C44H41ClN2O6S/c1-30(2)39(46-27-38(53-42(46)49)28-51-37-20-12-19-35(45)26-37)29-52-36-23-21-31(22-24-36)25-40-41(48)47(43(50)54-40)44(32-13-6-3-7-14-32,33-15-8-4-9-16-33)34-17-10-5-11-18-34/h3-24,26,30,38-39,48H,25,27-29H2,1-2H3. The van der Waals surface area contributed by atoms with Gasteiger partial charge in [0.05, 0.1) is 17.5 Å². The van der Waals surface area contributed by atoms with Crippen molar-refractivity contribution in [2.45, 2.75) is 38.0 Å². The molecule has 0 saturated carbocycles. The third-order valence-corrected chi connectivity index (χ3v) is 10.9. The van der Waals surface area contributed by atoms with E-state index in [-0.39, 0.29) is 35.9 Å². The Morgan fingerprint density at radius 1 is 0.796 bits per heavy atom. The zero-order valence-corrected chi connectivity index (χ0v) is 31.6. The summed E-state index contributed by atoms with van der Waals surface area (Å²) < 4.78 is 19.2. The van der Waals surface area contributed by atoms with Crippen LogP contribution in [-0.4, -0.2) is 52.6 Å². The average Bonchev–Trinajstić information content (AvgIpc) is 3.69. The second kappa shape index (κ2) is 16.2. The normalized spacial score (nSPS) is 14.9. The first-order valence-corrected chi connectivity index (χ1v) is 19.1. The number of cyclic esters (lactones) is 1. The molecule has 1 aliphatic rings. The predicted molar refractivity (Wildman–Crippen MR) is 212 cm³/mol. The van der Waals surface area contributed by atoms with E-state index in [1.807, 2.05) is 141 Å². The minimum absolute atomic E-state index is 0.0737. The third kappa shape index (κ3) is 7.60. The van der Waals surface area contributed by atoms with E-state index in [4.69, 9.17) is 25.8 Å². The van der Waals surface area contributed by atoms with Crippen LogP contribution in [0.4, 0.5) is 4.79 Å². The number of carbonyl (C=O) groups is 1. The highest BCUT2D eigenvalue weighted by atomic mass is 35.5. The number of halogens is 1. The molecule has 0 radical (unpaired) electrons. The minimum Gasteiger partial charge on any atom is -0.494 e. The Bertz CT molecular complexity index is 2130. The Kier molecular flexibility index (Phi) is 11.1. The van der Waals surface area contributed by atoms with Crippen molar-refractivity contribution in [2.24, 2.45) is 5.92 Å². The van der Waals surface area contributed by atoms with E-state index in [0.717, 1.165) is 33.6 Å². The predicted octanol–water partition coefficient (Wildman–Crippen LogP) is 9.00. The van der Waals surface area contributed by atoms with E-state index in [0.29, 0.717) is 34.4 Å². The highest BCUT2D eigenvalue weighted by Gasteiger charge is 2.42. The molecule has 5 aromatic carbocycles. The average molecular weight is 761 g/mol. The molecular formula is C44H41ClN2O6S. The largest absolute Gasteiger partial charge is 0.494 e. The third-order valence-electron chi connectivity index (χ3n) is 9.78. The molecule has 1 amide bonds. The molecule has 7 rings (SSSR count). The van der Waals surface area contributed by atoms with Gasteiger partial charge in [0.15, 0.2) is 6.10 Å². The van der Waals surface area contributed by atoms with E-state index in [2.05, 4.69) is 0 Å². The molecule has 2 unspecified atom stereocenters. The van der Waals surface area contributed by atoms with Crippen molar-refractivity contribution in [1.29, 1.82) is 0 Å². The van der Waals surface area contributed by atoms with Gasteiger partial charge >= 0.3 is 11.0 Å². The number of ether oxygens (including phenoxy) is 3. The topological polar surface area (TPSA) is 90.2 Å². The molecule has 1 fully saturated rings. The Morgan fingerprint density at radius 2 is 1.39 bits per heavy atom. The van der Waals surface area contributed by atoms with Crippen molar-refractivity contribution in [3.63, 3.8) is 0 Å². The summed E-state index contributed by atoms with van der Waals surface area (Å²) in [6.07, 6.45) is -0.466. The fourth-order valence-electron chi connectivity index (χ4n) is 7.10. The molecule has 1 aliphatic heterocycles. The number of amides is 1. The van der Waals surface area contributed by atoms with Crippen molar-refractivity contribution in [2.75, 3.05) is 19.8 Å². The van der Waals surface area contributed by atoms with Crippen LogP contribution < -0.4 is 14.3 Å². The lowest BCUT2D eigenvalue weighted by atomic mass is 9.76. The summed E-state index contributed by atoms with van der Waals surface area (Å²) in [6, 6.07) is 44.0. The van der Waals surface area contributed by atoms with Crippen molar-refractivity contribution >= 4 is 29.0 Å².